The molecule has 7 nitrogen and oxygen atoms in total. The topological polar surface area (TPSA) is 91.4 Å². The quantitative estimate of drug-likeness (QED) is 0.524. The van der Waals surface area contributed by atoms with Gasteiger partial charge in [-0.15, -0.1) is 0 Å². The second-order valence-electron chi connectivity index (χ2n) is 7.14. The first-order valence-electron chi connectivity index (χ1n) is 9.67. The molecule has 0 radical (unpaired) electrons. The summed E-state index contributed by atoms with van der Waals surface area (Å²) in [6, 6.07) is 7.78. The first-order valence-corrected chi connectivity index (χ1v) is 12.1. The van der Waals surface area contributed by atoms with Crippen LogP contribution in [-0.2, 0) is 17.3 Å². The predicted molar refractivity (Wildman–Crippen MR) is 118 cm³/mol. The van der Waals surface area contributed by atoms with Gasteiger partial charge in [0.1, 0.15) is 16.8 Å². The predicted octanol–water partition coefficient (Wildman–Crippen LogP) is 3.45. The van der Waals surface area contributed by atoms with Gasteiger partial charge >= 0.3 is 0 Å². The third-order valence-corrected chi connectivity index (χ3v) is 7.95. The summed E-state index contributed by atoms with van der Waals surface area (Å²) in [6.45, 7) is 2.62. The number of hydrogen-bond acceptors (Lipinski definition) is 6. The maximum Gasteiger partial charge on any atom is 0.254 e. The Bertz CT molecular complexity index is 1200. The molecule has 2 aromatic heterocycles. The number of benzene rings is 1. The number of amides is 1. The summed E-state index contributed by atoms with van der Waals surface area (Å²) in [7, 11) is 0.821. The van der Waals surface area contributed by atoms with Gasteiger partial charge in [-0.1, -0.05) is 31.2 Å². The molecule has 1 unspecified atom stereocenters. The Hall–Kier alpha value is -2.70. The summed E-state index contributed by atoms with van der Waals surface area (Å²) in [5, 5.41) is 10.8. The molecule has 30 heavy (non-hydrogen) atoms. The molecule has 1 aromatic carbocycles. The van der Waals surface area contributed by atoms with Crippen LogP contribution in [0, 0.1) is 11.3 Å². The van der Waals surface area contributed by atoms with E-state index in [9.17, 15) is 14.3 Å². The molecule has 0 N–H and O–H groups in total. The molecular weight excluding hydrogens is 418 g/mol. The highest BCUT2D eigenvalue weighted by Crippen LogP contribution is 2.32. The van der Waals surface area contributed by atoms with Crippen LogP contribution in [0.3, 0.4) is 0 Å². The molecule has 1 aliphatic heterocycles. The molecule has 0 saturated carbocycles. The summed E-state index contributed by atoms with van der Waals surface area (Å²) < 4.78 is 14.1. The highest BCUT2D eigenvalue weighted by molar-refractivity contribution is 8.10. The van der Waals surface area contributed by atoms with Crippen molar-refractivity contribution in [1.82, 2.24) is 19.3 Å². The van der Waals surface area contributed by atoms with Crippen molar-refractivity contribution in [2.24, 2.45) is 0 Å². The van der Waals surface area contributed by atoms with Gasteiger partial charge in [0.25, 0.3) is 5.91 Å². The normalized spacial score (nSPS) is 14.2. The molecule has 0 fully saturated rings. The van der Waals surface area contributed by atoms with Crippen LogP contribution < -0.4 is 0 Å². The van der Waals surface area contributed by atoms with Crippen LogP contribution in [0.4, 0.5) is 0 Å². The van der Waals surface area contributed by atoms with Crippen LogP contribution in [0.15, 0.2) is 35.6 Å². The van der Waals surface area contributed by atoms with E-state index < -0.39 is 10.8 Å². The Morgan fingerprint density at radius 3 is 2.97 bits per heavy atom. The van der Waals surface area contributed by atoms with Crippen molar-refractivity contribution in [3.63, 3.8) is 0 Å². The monoisotopic (exact) mass is 439 g/mol. The van der Waals surface area contributed by atoms with E-state index in [1.807, 2.05) is 22.6 Å². The number of imidazole rings is 1. The number of fused-ring (bicyclic) bond motifs is 2. The lowest BCUT2D eigenvalue weighted by Gasteiger charge is -2.11. The average molecular weight is 440 g/mol. The van der Waals surface area contributed by atoms with Crippen LogP contribution >= 0.6 is 11.8 Å². The van der Waals surface area contributed by atoms with Crippen molar-refractivity contribution >= 4 is 34.1 Å². The number of carbonyl (C=O) groups excluding carboxylic acids is 1. The molecule has 0 bridgehead atoms. The van der Waals surface area contributed by atoms with Crippen LogP contribution in [0.2, 0.25) is 0 Å². The number of hydrogen-bond donors (Lipinski definition) is 0. The van der Waals surface area contributed by atoms with E-state index in [-0.39, 0.29) is 11.6 Å². The fraction of sp³-hybridized carbons (Fsp3) is 0.333. The summed E-state index contributed by atoms with van der Waals surface area (Å²) in [5.41, 5.74) is 3.96. The van der Waals surface area contributed by atoms with Crippen LogP contribution in [0.5, 0.6) is 0 Å². The van der Waals surface area contributed by atoms with E-state index in [0.29, 0.717) is 39.3 Å². The lowest BCUT2D eigenvalue weighted by atomic mass is 10.0. The molecule has 0 spiro atoms. The number of unbranched alkanes of at least 4 members (excludes halogenated alkanes) is 1. The Morgan fingerprint density at radius 1 is 1.37 bits per heavy atom. The second kappa shape index (κ2) is 8.58. The molecule has 154 valence electrons. The Kier molecular flexibility index (Phi) is 5.88. The highest BCUT2D eigenvalue weighted by Gasteiger charge is 2.25. The van der Waals surface area contributed by atoms with Gasteiger partial charge in [0.15, 0.2) is 11.3 Å². The largest absolute Gasteiger partial charge is 0.337 e. The van der Waals surface area contributed by atoms with Gasteiger partial charge in [-0.25, -0.2) is 9.97 Å². The zero-order valence-electron chi connectivity index (χ0n) is 16.8. The van der Waals surface area contributed by atoms with Crippen molar-refractivity contribution in [3.8, 4) is 17.3 Å². The van der Waals surface area contributed by atoms with Crippen LogP contribution in [0.1, 0.15) is 41.4 Å². The van der Waals surface area contributed by atoms with Gasteiger partial charge < -0.3 is 4.90 Å². The number of nitrogens with zero attached hydrogens (tertiary/aromatic N) is 5. The third-order valence-electron chi connectivity index (χ3n) is 5.02. The maximum absolute atomic E-state index is 12.2. The van der Waals surface area contributed by atoms with Crippen molar-refractivity contribution < 1.29 is 9.00 Å². The van der Waals surface area contributed by atoms with Crippen molar-refractivity contribution in [1.29, 1.82) is 5.26 Å². The van der Waals surface area contributed by atoms with E-state index in [0.717, 1.165) is 24.0 Å². The molecule has 4 rings (SSSR count). The van der Waals surface area contributed by atoms with E-state index in [4.69, 9.17) is 0 Å². The number of rotatable bonds is 7. The van der Waals surface area contributed by atoms with E-state index in [1.54, 1.807) is 24.3 Å². The fourth-order valence-corrected chi connectivity index (χ4v) is 6.04. The van der Waals surface area contributed by atoms with E-state index in [1.165, 1.54) is 11.8 Å². The first-order chi connectivity index (χ1) is 14.5. The van der Waals surface area contributed by atoms with Crippen LogP contribution in [0.25, 0.3) is 16.9 Å². The summed E-state index contributed by atoms with van der Waals surface area (Å²) >= 11 is 1.38. The summed E-state index contributed by atoms with van der Waals surface area (Å²) in [4.78, 5) is 22.9. The SMILES string of the molecule is CCCCS(=O)CSc1c(C#N)nc(-c2ccc3c(c2)CN(C)C3=O)c2nccn12. The molecule has 0 saturated heterocycles. The Morgan fingerprint density at radius 2 is 2.20 bits per heavy atom. The lowest BCUT2D eigenvalue weighted by molar-refractivity contribution is 0.0816. The first kappa shape index (κ1) is 20.6. The smallest absolute Gasteiger partial charge is 0.254 e. The van der Waals surface area contributed by atoms with Gasteiger partial charge in [-0.3, -0.25) is 13.4 Å². The molecule has 3 heterocycles. The molecule has 9 heteroatoms. The molecule has 1 aliphatic rings. The van der Waals surface area contributed by atoms with Crippen molar-refractivity contribution in [3.05, 3.63) is 47.4 Å². The minimum atomic E-state index is -0.954. The van der Waals surface area contributed by atoms with E-state index >= 15 is 0 Å². The van der Waals surface area contributed by atoms with Gasteiger partial charge in [-0.05, 0) is 24.1 Å². The van der Waals surface area contributed by atoms with E-state index in [2.05, 4.69) is 23.0 Å². The minimum Gasteiger partial charge on any atom is -0.337 e. The molecule has 3 aromatic rings. The summed E-state index contributed by atoms with van der Waals surface area (Å²) in [6.07, 6.45) is 5.39. The van der Waals surface area contributed by atoms with Crippen molar-refractivity contribution in [2.45, 2.75) is 31.3 Å². The number of aromatic nitrogens is 3. The maximum atomic E-state index is 12.2. The molecular formula is C21H21N5O2S2. The number of carbonyl (C=O) groups is 1. The Balaban J connectivity index is 1.73. The van der Waals surface area contributed by atoms with Gasteiger partial charge in [0, 0.05) is 53.7 Å². The fourth-order valence-electron chi connectivity index (χ4n) is 3.47. The van der Waals surface area contributed by atoms with Gasteiger partial charge in [0.2, 0.25) is 0 Å². The van der Waals surface area contributed by atoms with Crippen LogP contribution in [-0.4, -0.2) is 47.3 Å². The number of nitriles is 1. The van der Waals surface area contributed by atoms with Crippen molar-refractivity contribution in [2.75, 3.05) is 17.9 Å². The highest BCUT2D eigenvalue weighted by atomic mass is 32.2. The third kappa shape index (κ3) is 3.73. The number of thioether (sulfide) groups is 1. The molecule has 1 amide bonds. The Labute approximate surface area is 181 Å². The lowest BCUT2D eigenvalue weighted by Crippen LogP contribution is -2.17. The second-order valence-corrected chi connectivity index (χ2v) is 10.0. The van der Waals surface area contributed by atoms with Gasteiger partial charge in [-0.2, -0.15) is 5.26 Å². The van der Waals surface area contributed by atoms with Gasteiger partial charge in [0.05, 0.1) is 5.08 Å². The summed E-state index contributed by atoms with van der Waals surface area (Å²) in [5.74, 6) is 0.669. The minimum absolute atomic E-state index is 0.0102. The average Bonchev–Trinajstić information content (AvgIpc) is 3.34. The zero-order valence-corrected chi connectivity index (χ0v) is 18.4. The zero-order chi connectivity index (χ0) is 21.3. The molecule has 0 aliphatic carbocycles. The molecule has 1 atom stereocenters. The standard InChI is InChI=1S/C21H21N5O2S2/c1-3-4-9-30(28)13-29-21-17(11-22)24-18(19-23-7-8-26(19)21)14-5-6-16-15(10-14)12-25(2)20(16)27/h5-8,10H,3-4,9,12-13H2,1-2H3.